The van der Waals surface area contributed by atoms with E-state index in [1.807, 2.05) is 13.0 Å². The lowest BCUT2D eigenvalue weighted by molar-refractivity contribution is 0.0951. The van der Waals surface area contributed by atoms with Gasteiger partial charge in [-0.3, -0.25) is 4.79 Å². The van der Waals surface area contributed by atoms with E-state index in [4.69, 9.17) is 0 Å². The van der Waals surface area contributed by atoms with Gasteiger partial charge in [-0.15, -0.1) is 5.10 Å². The first-order valence-corrected chi connectivity index (χ1v) is 7.03. The van der Waals surface area contributed by atoms with Crippen LogP contribution in [0.1, 0.15) is 22.8 Å². The molecule has 0 saturated carbocycles. The molecule has 5 nitrogen and oxygen atoms in total. The molecule has 1 amide bonds. The van der Waals surface area contributed by atoms with Crippen LogP contribution in [0.5, 0.6) is 0 Å². The average molecular weight is 298 g/mol. The summed E-state index contributed by atoms with van der Waals surface area (Å²) in [4.78, 5) is 12.2. The standard InChI is InChI=1S/C16H15FN4O/c1-2-21-15-7-6-12(9-14(15)19-20-21)16(22)18-10-11-4-3-5-13(17)8-11/h3-9H,2,10H2,1H3,(H,18,22). The number of carbonyl (C=O) groups is 1. The minimum atomic E-state index is -0.315. The number of aryl methyl sites for hydroxylation is 1. The molecule has 0 radical (unpaired) electrons. The summed E-state index contributed by atoms with van der Waals surface area (Å²) in [5.74, 6) is -0.540. The van der Waals surface area contributed by atoms with Crippen LogP contribution in [0.3, 0.4) is 0 Å². The summed E-state index contributed by atoms with van der Waals surface area (Å²) in [5.41, 5.74) is 2.79. The summed E-state index contributed by atoms with van der Waals surface area (Å²) in [6.45, 7) is 2.98. The van der Waals surface area contributed by atoms with E-state index in [2.05, 4.69) is 15.6 Å². The van der Waals surface area contributed by atoms with Gasteiger partial charge in [0.05, 0.1) is 5.52 Å². The van der Waals surface area contributed by atoms with Gasteiger partial charge in [-0.25, -0.2) is 9.07 Å². The molecule has 6 heteroatoms. The van der Waals surface area contributed by atoms with Gasteiger partial charge in [-0.2, -0.15) is 0 Å². The van der Waals surface area contributed by atoms with E-state index in [0.717, 1.165) is 12.1 Å². The molecule has 1 N–H and O–H groups in total. The summed E-state index contributed by atoms with van der Waals surface area (Å²) in [5, 5.41) is 10.8. The molecule has 0 aliphatic carbocycles. The summed E-state index contributed by atoms with van der Waals surface area (Å²) in [6, 6.07) is 11.4. The van der Waals surface area contributed by atoms with Crippen LogP contribution in [0.15, 0.2) is 42.5 Å². The van der Waals surface area contributed by atoms with Crippen molar-refractivity contribution >= 4 is 16.9 Å². The molecule has 2 aromatic carbocycles. The Kier molecular flexibility index (Phi) is 3.82. The molecule has 0 aliphatic rings. The molecule has 0 atom stereocenters. The Hall–Kier alpha value is -2.76. The number of aromatic nitrogens is 3. The predicted molar refractivity (Wildman–Crippen MR) is 80.8 cm³/mol. The molecule has 0 fully saturated rings. The van der Waals surface area contributed by atoms with Crippen LogP contribution in [0.2, 0.25) is 0 Å². The molecule has 3 aromatic rings. The monoisotopic (exact) mass is 298 g/mol. The van der Waals surface area contributed by atoms with Gasteiger partial charge < -0.3 is 5.32 Å². The van der Waals surface area contributed by atoms with Crippen LogP contribution >= 0.6 is 0 Å². The van der Waals surface area contributed by atoms with Crippen molar-refractivity contribution in [2.24, 2.45) is 0 Å². The lowest BCUT2D eigenvalue weighted by Crippen LogP contribution is -2.22. The Morgan fingerprint density at radius 1 is 1.27 bits per heavy atom. The second kappa shape index (κ2) is 5.93. The van der Waals surface area contributed by atoms with E-state index in [-0.39, 0.29) is 18.3 Å². The SMILES string of the molecule is CCn1nnc2cc(C(=O)NCc3cccc(F)c3)ccc21. The summed E-state index contributed by atoms with van der Waals surface area (Å²) < 4.78 is 14.9. The summed E-state index contributed by atoms with van der Waals surface area (Å²) >= 11 is 0. The van der Waals surface area contributed by atoms with Gasteiger partial charge in [0.1, 0.15) is 11.3 Å². The number of carbonyl (C=O) groups excluding carboxylic acids is 1. The zero-order valence-electron chi connectivity index (χ0n) is 12.1. The average Bonchev–Trinajstić information content (AvgIpc) is 2.95. The molecule has 0 bridgehead atoms. The molecule has 22 heavy (non-hydrogen) atoms. The maximum atomic E-state index is 13.1. The van der Waals surface area contributed by atoms with E-state index in [1.165, 1.54) is 12.1 Å². The van der Waals surface area contributed by atoms with Crippen molar-refractivity contribution in [3.8, 4) is 0 Å². The molecule has 0 saturated heterocycles. The molecule has 1 heterocycles. The van der Waals surface area contributed by atoms with E-state index in [9.17, 15) is 9.18 Å². The number of nitrogens with one attached hydrogen (secondary N) is 1. The van der Waals surface area contributed by atoms with Crippen LogP contribution in [-0.2, 0) is 13.1 Å². The van der Waals surface area contributed by atoms with Crippen molar-refractivity contribution in [1.82, 2.24) is 20.3 Å². The highest BCUT2D eigenvalue weighted by Gasteiger charge is 2.09. The number of halogens is 1. The van der Waals surface area contributed by atoms with E-state index in [1.54, 1.807) is 28.9 Å². The maximum absolute atomic E-state index is 13.1. The highest BCUT2D eigenvalue weighted by molar-refractivity contribution is 5.97. The van der Waals surface area contributed by atoms with Crippen molar-refractivity contribution < 1.29 is 9.18 Å². The molecular weight excluding hydrogens is 283 g/mol. The topological polar surface area (TPSA) is 59.8 Å². The summed E-state index contributed by atoms with van der Waals surface area (Å²) in [6.07, 6.45) is 0. The number of benzene rings is 2. The van der Waals surface area contributed by atoms with Crippen LogP contribution in [0, 0.1) is 5.82 Å². The normalized spacial score (nSPS) is 10.8. The number of amides is 1. The third kappa shape index (κ3) is 2.81. The molecule has 112 valence electrons. The number of hydrogen-bond donors (Lipinski definition) is 1. The Balaban J connectivity index is 1.74. The Bertz CT molecular complexity index is 828. The number of fused-ring (bicyclic) bond motifs is 1. The molecular formula is C16H15FN4O. The van der Waals surface area contributed by atoms with Gasteiger partial charge in [-0.1, -0.05) is 17.3 Å². The third-order valence-electron chi connectivity index (χ3n) is 3.42. The zero-order chi connectivity index (χ0) is 15.5. The first-order valence-electron chi connectivity index (χ1n) is 7.03. The van der Waals surface area contributed by atoms with Crippen LogP contribution in [-0.4, -0.2) is 20.9 Å². The fraction of sp³-hybridized carbons (Fsp3) is 0.188. The van der Waals surface area contributed by atoms with Crippen molar-refractivity contribution in [3.63, 3.8) is 0 Å². The van der Waals surface area contributed by atoms with Crippen molar-refractivity contribution in [3.05, 3.63) is 59.4 Å². The van der Waals surface area contributed by atoms with Crippen LogP contribution < -0.4 is 5.32 Å². The molecule has 0 aliphatic heterocycles. The Morgan fingerprint density at radius 2 is 2.14 bits per heavy atom. The largest absolute Gasteiger partial charge is 0.348 e. The maximum Gasteiger partial charge on any atom is 0.251 e. The van der Waals surface area contributed by atoms with E-state index >= 15 is 0 Å². The molecule has 3 rings (SSSR count). The van der Waals surface area contributed by atoms with Crippen molar-refractivity contribution in [1.29, 1.82) is 0 Å². The minimum Gasteiger partial charge on any atom is -0.348 e. The molecule has 0 unspecified atom stereocenters. The lowest BCUT2D eigenvalue weighted by Gasteiger charge is -2.06. The first-order chi connectivity index (χ1) is 10.7. The number of nitrogens with zero attached hydrogens (tertiary/aromatic N) is 3. The quantitative estimate of drug-likeness (QED) is 0.805. The molecule has 1 aromatic heterocycles. The molecule has 0 spiro atoms. The number of rotatable bonds is 4. The fourth-order valence-electron chi connectivity index (χ4n) is 2.28. The second-order valence-electron chi connectivity index (χ2n) is 4.92. The number of hydrogen-bond acceptors (Lipinski definition) is 3. The van der Waals surface area contributed by atoms with Crippen LogP contribution in [0.25, 0.3) is 11.0 Å². The lowest BCUT2D eigenvalue weighted by atomic mass is 10.1. The van der Waals surface area contributed by atoms with Gasteiger partial charge in [0.25, 0.3) is 5.91 Å². The van der Waals surface area contributed by atoms with E-state index in [0.29, 0.717) is 16.6 Å². The highest BCUT2D eigenvalue weighted by atomic mass is 19.1. The van der Waals surface area contributed by atoms with Gasteiger partial charge in [0, 0.05) is 18.7 Å². The Morgan fingerprint density at radius 3 is 2.91 bits per heavy atom. The van der Waals surface area contributed by atoms with Gasteiger partial charge >= 0.3 is 0 Å². The van der Waals surface area contributed by atoms with Crippen LogP contribution in [0.4, 0.5) is 4.39 Å². The minimum absolute atomic E-state index is 0.225. The van der Waals surface area contributed by atoms with Gasteiger partial charge in [0.2, 0.25) is 0 Å². The van der Waals surface area contributed by atoms with Gasteiger partial charge in [-0.05, 0) is 42.8 Å². The predicted octanol–water partition coefficient (Wildman–Crippen LogP) is 2.52. The Labute approximate surface area is 126 Å². The second-order valence-corrected chi connectivity index (χ2v) is 4.92. The van der Waals surface area contributed by atoms with Crippen molar-refractivity contribution in [2.75, 3.05) is 0 Å². The highest BCUT2D eigenvalue weighted by Crippen LogP contribution is 2.13. The fourth-order valence-corrected chi connectivity index (χ4v) is 2.28. The smallest absolute Gasteiger partial charge is 0.251 e. The first kappa shape index (κ1) is 14.2. The zero-order valence-corrected chi connectivity index (χ0v) is 12.1. The third-order valence-corrected chi connectivity index (χ3v) is 3.42. The summed E-state index contributed by atoms with van der Waals surface area (Å²) in [7, 11) is 0. The van der Waals surface area contributed by atoms with E-state index < -0.39 is 0 Å². The van der Waals surface area contributed by atoms with Gasteiger partial charge in [0.15, 0.2) is 0 Å². The van der Waals surface area contributed by atoms with Crippen molar-refractivity contribution in [2.45, 2.75) is 20.0 Å².